The van der Waals surface area contributed by atoms with Crippen LogP contribution in [0.1, 0.15) is 21.7 Å². The Bertz CT molecular complexity index is 934. The summed E-state index contributed by atoms with van der Waals surface area (Å²) in [5, 5.41) is 3.78. The lowest BCUT2D eigenvalue weighted by atomic mass is 10.1. The van der Waals surface area contributed by atoms with Gasteiger partial charge in [0.1, 0.15) is 0 Å². The van der Waals surface area contributed by atoms with Gasteiger partial charge in [0.25, 0.3) is 5.91 Å². The average Bonchev–Trinajstić information content (AvgIpc) is 2.94. The Labute approximate surface area is 146 Å². The summed E-state index contributed by atoms with van der Waals surface area (Å²) in [6.07, 6.45) is -4.54. The van der Waals surface area contributed by atoms with Crippen LogP contribution in [0.25, 0.3) is 10.9 Å². The first kappa shape index (κ1) is 16.8. The lowest BCUT2D eigenvalue weighted by Gasteiger charge is -2.08. The summed E-state index contributed by atoms with van der Waals surface area (Å²) in [7, 11) is 0. The summed E-state index contributed by atoms with van der Waals surface area (Å²) in [5.74, 6) is -0.532. The molecule has 124 valence electrons. The fraction of sp³-hybridized carbons (Fsp3) is 0.133. The van der Waals surface area contributed by atoms with Gasteiger partial charge in [-0.25, -0.2) is 4.98 Å². The Morgan fingerprint density at radius 2 is 2.00 bits per heavy atom. The number of hydrogen-bond acceptors (Lipinski definition) is 4. The second-order valence-electron chi connectivity index (χ2n) is 4.96. The SMILES string of the molecule is Cc1cc(C(=O)Nc2nc(C(F)(F)F)cs2)c2ccc(Br)cc2n1. The predicted molar refractivity (Wildman–Crippen MR) is 89.2 cm³/mol. The molecule has 1 aromatic carbocycles. The maximum absolute atomic E-state index is 12.6. The molecule has 1 N–H and O–H groups in total. The first-order chi connectivity index (χ1) is 11.2. The first-order valence-electron chi connectivity index (χ1n) is 6.65. The van der Waals surface area contributed by atoms with Crippen LogP contribution < -0.4 is 5.32 Å². The molecule has 0 fully saturated rings. The van der Waals surface area contributed by atoms with E-state index in [-0.39, 0.29) is 5.13 Å². The van der Waals surface area contributed by atoms with Gasteiger partial charge in [-0.1, -0.05) is 22.0 Å². The van der Waals surface area contributed by atoms with Crippen LogP contribution in [0.3, 0.4) is 0 Å². The minimum Gasteiger partial charge on any atom is -0.298 e. The Hall–Kier alpha value is -2.00. The van der Waals surface area contributed by atoms with Crippen molar-refractivity contribution in [2.45, 2.75) is 13.1 Å². The number of rotatable bonds is 2. The van der Waals surface area contributed by atoms with Gasteiger partial charge >= 0.3 is 6.18 Å². The van der Waals surface area contributed by atoms with Crippen LogP contribution in [-0.2, 0) is 6.18 Å². The topological polar surface area (TPSA) is 54.9 Å². The zero-order valence-corrected chi connectivity index (χ0v) is 14.5. The van der Waals surface area contributed by atoms with E-state index < -0.39 is 17.8 Å². The molecule has 0 unspecified atom stereocenters. The number of carbonyl (C=O) groups is 1. The van der Waals surface area contributed by atoms with Gasteiger partial charge in [0.15, 0.2) is 10.8 Å². The molecule has 2 heterocycles. The molecule has 0 aliphatic rings. The standard InChI is InChI=1S/C15H9BrF3N3OS/c1-7-4-10(9-3-2-8(16)5-11(9)20-7)13(23)22-14-21-12(6-24-14)15(17,18)19/h2-6H,1H3,(H,21,22,23). The minimum atomic E-state index is -4.54. The van der Waals surface area contributed by atoms with Crippen LogP contribution in [0.15, 0.2) is 34.1 Å². The van der Waals surface area contributed by atoms with Gasteiger partial charge in [0.05, 0.1) is 11.1 Å². The number of fused-ring (bicyclic) bond motifs is 1. The van der Waals surface area contributed by atoms with Crippen molar-refractivity contribution >= 4 is 49.2 Å². The van der Waals surface area contributed by atoms with Crippen molar-refractivity contribution in [3.8, 4) is 0 Å². The number of aromatic nitrogens is 2. The van der Waals surface area contributed by atoms with Crippen molar-refractivity contribution in [2.75, 3.05) is 5.32 Å². The Morgan fingerprint density at radius 1 is 1.25 bits per heavy atom. The molecule has 0 saturated heterocycles. The molecule has 24 heavy (non-hydrogen) atoms. The molecule has 0 bridgehead atoms. The molecular weight excluding hydrogens is 407 g/mol. The van der Waals surface area contributed by atoms with Gasteiger partial charge in [0.2, 0.25) is 0 Å². The molecule has 0 atom stereocenters. The zero-order valence-electron chi connectivity index (χ0n) is 12.1. The molecule has 3 aromatic rings. The maximum Gasteiger partial charge on any atom is 0.434 e. The van der Waals surface area contributed by atoms with E-state index in [2.05, 4.69) is 31.2 Å². The Balaban J connectivity index is 1.96. The molecule has 4 nitrogen and oxygen atoms in total. The summed E-state index contributed by atoms with van der Waals surface area (Å²) >= 11 is 4.06. The number of thiazole rings is 1. The summed E-state index contributed by atoms with van der Waals surface area (Å²) in [6.45, 7) is 1.74. The number of nitrogens with one attached hydrogen (secondary N) is 1. The summed E-state index contributed by atoms with van der Waals surface area (Å²) in [6, 6.07) is 6.85. The van der Waals surface area contributed by atoms with Gasteiger partial charge in [-0.3, -0.25) is 15.1 Å². The van der Waals surface area contributed by atoms with E-state index in [9.17, 15) is 18.0 Å². The number of benzene rings is 1. The van der Waals surface area contributed by atoms with Crippen molar-refractivity contribution in [1.82, 2.24) is 9.97 Å². The first-order valence-corrected chi connectivity index (χ1v) is 8.32. The Kier molecular flexibility index (Phi) is 4.31. The molecule has 0 radical (unpaired) electrons. The average molecular weight is 416 g/mol. The lowest BCUT2D eigenvalue weighted by Crippen LogP contribution is -2.14. The number of alkyl halides is 3. The van der Waals surface area contributed by atoms with E-state index in [1.165, 1.54) is 0 Å². The summed E-state index contributed by atoms with van der Waals surface area (Å²) in [5.41, 5.74) is 0.543. The normalized spacial score (nSPS) is 11.7. The smallest absolute Gasteiger partial charge is 0.298 e. The van der Waals surface area contributed by atoms with E-state index in [0.29, 0.717) is 22.2 Å². The molecule has 0 aliphatic heterocycles. The molecule has 0 saturated carbocycles. The number of hydrogen-bond donors (Lipinski definition) is 1. The maximum atomic E-state index is 12.6. The van der Waals surface area contributed by atoms with Gasteiger partial charge in [-0.2, -0.15) is 13.2 Å². The van der Waals surface area contributed by atoms with Crippen molar-refractivity contribution < 1.29 is 18.0 Å². The van der Waals surface area contributed by atoms with Crippen molar-refractivity contribution in [3.05, 3.63) is 51.1 Å². The highest BCUT2D eigenvalue weighted by Gasteiger charge is 2.34. The van der Waals surface area contributed by atoms with Crippen LogP contribution >= 0.6 is 27.3 Å². The van der Waals surface area contributed by atoms with Crippen LogP contribution in [0.4, 0.5) is 18.3 Å². The molecule has 2 aromatic heterocycles. The van der Waals surface area contributed by atoms with Crippen molar-refractivity contribution in [2.24, 2.45) is 0 Å². The molecule has 3 rings (SSSR count). The zero-order chi connectivity index (χ0) is 17.5. The van der Waals surface area contributed by atoms with E-state index in [0.717, 1.165) is 21.2 Å². The van der Waals surface area contributed by atoms with Gasteiger partial charge in [0, 0.05) is 20.9 Å². The van der Waals surface area contributed by atoms with Gasteiger partial charge in [-0.05, 0) is 25.1 Å². The second kappa shape index (κ2) is 6.14. The summed E-state index contributed by atoms with van der Waals surface area (Å²) in [4.78, 5) is 20.2. The number of pyridine rings is 1. The molecule has 0 spiro atoms. The largest absolute Gasteiger partial charge is 0.434 e. The number of halogens is 4. The monoisotopic (exact) mass is 415 g/mol. The Morgan fingerprint density at radius 3 is 2.67 bits per heavy atom. The number of aryl methyl sites for hydroxylation is 1. The summed E-state index contributed by atoms with van der Waals surface area (Å²) < 4.78 is 38.6. The highest BCUT2D eigenvalue weighted by molar-refractivity contribution is 9.10. The number of amides is 1. The van der Waals surface area contributed by atoms with Crippen molar-refractivity contribution in [1.29, 1.82) is 0 Å². The van der Waals surface area contributed by atoms with Crippen LogP contribution in [0.5, 0.6) is 0 Å². The quantitative estimate of drug-likeness (QED) is 0.638. The number of carbonyl (C=O) groups excluding carboxylic acids is 1. The van der Waals surface area contributed by atoms with Crippen LogP contribution in [0.2, 0.25) is 0 Å². The highest BCUT2D eigenvalue weighted by atomic mass is 79.9. The minimum absolute atomic E-state index is 0.105. The van der Waals surface area contributed by atoms with Crippen LogP contribution in [0, 0.1) is 6.92 Å². The fourth-order valence-corrected chi connectivity index (χ4v) is 3.21. The van der Waals surface area contributed by atoms with E-state index in [1.54, 1.807) is 31.2 Å². The molecule has 0 aliphatic carbocycles. The van der Waals surface area contributed by atoms with Crippen LogP contribution in [-0.4, -0.2) is 15.9 Å². The molecule has 1 amide bonds. The second-order valence-corrected chi connectivity index (χ2v) is 6.74. The lowest BCUT2D eigenvalue weighted by molar-refractivity contribution is -0.140. The third kappa shape index (κ3) is 3.41. The third-order valence-corrected chi connectivity index (χ3v) is 4.41. The third-order valence-electron chi connectivity index (χ3n) is 3.16. The predicted octanol–water partition coefficient (Wildman–Crippen LogP) is 5.03. The van der Waals surface area contributed by atoms with Crippen molar-refractivity contribution in [3.63, 3.8) is 0 Å². The van der Waals surface area contributed by atoms with E-state index >= 15 is 0 Å². The van der Waals surface area contributed by atoms with Gasteiger partial charge in [-0.15, -0.1) is 11.3 Å². The van der Waals surface area contributed by atoms with E-state index in [4.69, 9.17) is 0 Å². The molecular formula is C15H9BrF3N3OS. The number of nitrogens with zero attached hydrogens (tertiary/aromatic N) is 2. The highest BCUT2D eigenvalue weighted by Crippen LogP contribution is 2.32. The fourth-order valence-electron chi connectivity index (χ4n) is 2.15. The van der Waals surface area contributed by atoms with E-state index in [1.807, 2.05) is 0 Å². The molecule has 9 heteroatoms. The van der Waals surface area contributed by atoms with Gasteiger partial charge < -0.3 is 0 Å². The number of anilines is 1.